The van der Waals surface area contributed by atoms with E-state index in [1.165, 1.54) is 44.2 Å². The molecule has 1 saturated carbocycles. The van der Waals surface area contributed by atoms with E-state index >= 15 is 0 Å². The number of thiophene rings is 1. The van der Waals surface area contributed by atoms with Crippen LogP contribution in [0.4, 0.5) is 5.69 Å². The van der Waals surface area contributed by atoms with Crippen molar-refractivity contribution in [1.82, 2.24) is 0 Å². The Kier molecular flexibility index (Phi) is 4.07. The van der Waals surface area contributed by atoms with Crippen molar-refractivity contribution in [2.75, 3.05) is 5.32 Å². The topological polar surface area (TPSA) is 12.0 Å². The maximum atomic E-state index is 3.66. The summed E-state index contributed by atoms with van der Waals surface area (Å²) in [7, 11) is 0. The standard InChI is InChI=1S/C13H21NS/c1-2-11-4-3-5-12(7-6-11)14-13-8-9-15-10-13/h8-12,14H,2-7H2,1H3. The summed E-state index contributed by atoms with van der Waals surface area (Å²) in [6, 6.07) is 2.91. The number of nitrogens with one attached hydrogen (secondary N) is 1. The Morgan fingerprint density at radius 3 is 3.00 bits per heavy atom. The molecule has 0 aromatic carbocycles. The zero-order valence-electron chi connectivity index (χ0n) is 9.54. The third kappa shape index (κ3) is 3.23. The molecule has 1 aliphatic carbocycles. The van der Waals surface area contributed by atoms with Crippen LogP contribution in [0.15, 0.2) is 16.8 Å². The Balaban J connectivity index is 1.83. The Bertz CT molecular complexity index is 268. The summed E-state index contributed by atoms with van der Waals surface area (Å²) in [5.74, 6) is 0.985. The molecule has 0 aliphatic heterocycles. The van der Waals surface area contributed by atoms with Crippen LogP contribution in [0.3, 0.4) is 0 Å². The maximum absolute atomic E-state index is 3.66. The van der Waals surface area contributed by atoms with Gasteiger partial charge in [-0.1, -0.05) is 26.2 Å². The molecule has 1 aromatic heterocycles. The van der Waals surface area contributed by atoms with Crippen LogP contribution in [0, 0.1) is 5.92 Å². The molecular formula is C13H21NS. The average Bonchev–Trinajstić information content (AvgIpc) is 2.64. The van der Waals surface area contributed by atoms with Crippen molar-refractivity contribution >= 4 is 17.0 Å². The summed E-state index contributed by atoms with van der Waals surface area (Å²) < 4.78 is 0. The van der Waals surface area contributed by atoms with Gasteiger partial charge in [0.1, 0.15) is 0 Å². The summed E-state index contributed by atoms with van der Waals surface area (Å²) in [5.41, 5.74) is 1.32. The highest BCUT2D eigenvalue weighted by Gasteiger charge is 2.17. The van der Waals surface area contributed by atoms with Crippen LogP contribution in [0.1, 0.15) is 45.4 Å². The lowest BCUT2D eigenvalue weighted by Crippen LogP contribution is -2.17. The summed E-state index contributed by atoms with van der Waals surface area (Å²) >= 11 is 1.78. The molecule has 2 heteroatoms. The molecule has 1 aliphatic rings. The predicted molar refractivity (Wildman–Crippen MR) is 68.6 cm³/mol. The Labute approximate surface area is 96.9 Å². The van der Waals surface area contributed by atoms with Gasteiger partial charge >= 0.3 is 0 Å². The second-order valence-electron chi connectivity index (χ2n) is 4.64. The Morgan fingerprint density at radius 1 is 1.33 bits per heavy atom. The van der Waals surface area contributed by atoms with Crippen molar-refractivity contribution in [3.63, 3.8) is 0 Å². The van der Waals surface area contributed by atoms with E-state index in [-0.39, 0.29) is 0 Å². The Hall–Kier alpha value is -0.500. The van der Waals surface area contributed by atoms with Crippen molar-refractivity contribution in [1.29, 1.82) is 0 Å². The first-order valence-electron chi connectivity index (χ1n) is 6.17. The molecule has 0 spiro atoms. The van der Waals surface area contributed by atoms with Crippen molar-refractivity contribution in [2.45, 2.75) is 51.5 Å². The fraction of sp³-hybridized carbons (Fsp3) is 0.692. The van der Waals surface area contributed by atoms with Gasteiger partial charge in [0.05, 0.1) is 0 Å². The third-order valence-electron chi connectivity index (χ3n) is 3.56. The first kappa shape index (κ1) is 11.0. The molecule has 1 aromatic rings. The van der Waals surface area contributed by atoms with E-state index in [0.717, 1.165) is 12.0 Å². The van der Waals surface area contributed by atoms with Gasteiger partial charge in [-0.15, -0.1) is 0 Å². The predicted octanol–water partition coefficient (Wildman–Crippen LogP) is 4.52. The number of hydrogen-bond donors (Lipinski definition) is 1. The summed E-state index contributed by atoms with van der Waals surface area (Å²) in [6.07, 6.45) is 8.34. The summed E-state index contributed by atoms with van der Waals surface area (Å²) in [5, 5.41) is 8.01. The van der Waals surface area contributed by atoms with Gasteiger partial charge in [0.2, 0.25) is 0 Å². The van der Waals surface area contributed by atoms with Gasteiger partial charge in [0.15, 0.2) is 0 Å². The minimum absolute atomic E-state index is 0.719. The average molecular weight is 223 g/mol. The second kappa shape index (κ2) is 5.55. The molecule has 15 heavy (non-hydrogen) atoms. The molecule has 1 fully saturated rings. The summed E-state index contributed by atoms with van der Waals surface area (Å²) in [6.45, 7) is 2.33. The zero-order valence-corrected chi connectivity index (χ0v) is 10.4. The molecule has 84 valence electrons. The highest BCUT2D eigenvalue weighted by atomic mass is 32.1. The van der Waals surface area contributed by atoms with E-state index < -0.39 is 0 Å². The molecule has 1 nitrogen and oxygen atoms in total. The first-order valence-corrected chi connectivity index (χ1v) is 7.11. The van der Waals surface area contributed by atoms with Gasteiger partial charge in [-0.05, 0) is 36.6 Å². The van der Waals surface area contributed by atoms with E-state index in [2.05, 4.69) is 29.1 Å². The highest BCUT2D eigenvalue weighted by molar-refractivity contribution is 7.08. The molecule has 0 amide bonds. The lowest BCUT2D eigenvalue weighted by molar-refractivity contribution is 0.444. The van der Waals surface area contributed by atoms with Crippen molar-refractivity contribution in [3.8, 4) is 0 Å². The van der Waals surface area contributed by atoms with E-state index in [1.807, 2.05) is 0 Å². The number of anilines is 1. The molecule has 0 bridgehead atoms. The first-order chi connectivity index (χ1) is 7.38. The van der Waals surface area contributed by atoms with Crippen LogP contribution in [-0.2, 0) is 0 Å². The lowest BCUT2D eigenvalue weighted by atomic mass is 9.98. The lowest BCUT2D eigenvalue weighted by Gasteiger charge is -2.16. The van der Waals surface area contributed by atoms with E-state index in [9.17, 15) is 0 Å². The third-order valence-corrected chi connectivity index (χ3v) is 4.24. The van der Waals surface area contributed by atoms with Gasteiger partial charge in [-0.2, -0.15) is 11.3 Å². The molecule has 2 unspecified atom stereocenters. The molecular weight excluding hydrogens is 202 g/mol. The van der Waals surface area contributed by atoms with Crippen LogP contribution in [-0.4, -0.2) is 6.04 Å². The van der Waals surface area contributed by atoms with Gasteiger partial charge < -0.3 is 5.32 Å². The van der Waals surface area contributed by atoms with E-state index in [1.54, 1.807) is 11.3 Å². The van der Waals surface area contributed by atoms with Crippen LogP contribution in [0.25, 0.3) is 0 Å². The van der Waals surface area contributed by atoms with Crippen molar-refractivity contribution in [3.05, 3.63) is 16.8 Å². The Morgan fingerprint density at radius 2 is 2.27 bits per heavy atom. The van der Waals surface area contributed by atoms with E-state index in [0.29, 0.717) is 0 Å². The van der Waals surface area contributed by atoms with Crippen molar-refractivity contribution in [2.24, 2.45) is 5.92 Å². The summed E-state index contributed by atoms with van der Waals surface area (Å²) in [4.78, 5) is 0. The van der Waals surface area contributed by atoms with Crippen LogP contribution in [0.2, 0.25) is 0 Å². The number of rotatable bonds is 3. The van der Waals surface area contributed by atoms with Gasteiger partial charge in [-0.25, -0.2) is 0 Å². The normalized spacial score (nSPS) is 27.3. The molecule has 2 atom stereocenters. The van der Waals surface area contributed by atoms with Gasteiger partial charge in [0, 0.05) is 17.1 Å². The molecule has 1 heterocycles. The smallest absolute Gasteiger partial charge is 0.0450 e. The molecule has 1 N–H and O–H groups in total. The minimum atomic E-state index is 0.719. The van der Waals surface area contributed by atoms with Crippen molar-refractivity contribution < 1.29 is 0 Å². The van der Waals surface area contributed by atoms with Crippen LogP contribution in [0.5, 0.6) is 0 Å². The van der Waals surface area contributed by atoms with Gasteiger partial charge in [-0.3, -0.25) is 0 Å². The fourth-order valence-corrected chi connectivity index (χ4v) is 3.11. The molecule has 2 rings (SSSR count). The highest BCUT2D eigenvalue weighted by Crippen LogP contribution is 2.27. The zero-order chi connectivity index (χ0) is 10.5. The minimum Gasteiger partial charge on any atom is -0.382 e. The van der Waals surface area contributed by atoms with E-state index in [4.69, 9.17) is 0 Å². The second-order valence-corrected chi connectivity index (χ2v) is 5.42. The maximum Gasteiger partial charge on any atom is 0.0450 e. The largest absolute Gasteiger partial charge is 0.382 e. The molecule has 0 radical (unpaired) electrons. The number of hydrogen-bond acceptors (Lipinski definition) is 2. The quantitative estimate of drug-likeness (QED) is 0.743. The van der Waals surface area contributed by atoms with Gasteiger partial charge in [0.25, 0.3) is 0 Å². The van der Waals surface area contributed by atoms with Crippen LogP contribution < -0.4 is 5.32 Å². The fourth-order valence-electron chi connectivity index (χ4n) is 2.51. The molecule has 0 saturated heterocycles. The monoisotopic (exact) mass is 223 g/mol. The SMILES string of the molecule is CCC1CCCC(Nc2ccsc2)CC1. The van der Waals surface area contributed by atoms with Crippen LogP contribution >= 0.6 is 11.3 Å².